The van der Waals surface area contributed by atoms with Gasteiger partial charge in [-0.25, -0.2) is 4.79 Å². The number of aryl methyl sites for hydroxylation is 2. The summed E-state index contributed by atoms with van der Waals surface area (Å²) in [5.74, 6) is -0.350. The molecule has 6 heteroatoms. The van der Waals surface area contributed by atoms with Crippen molar-refractivity contribution in [3.63, 3.8) is 0 Å². The Labute approximate surface area is 151 Å². The fraction of sp³-hybridized carbons (Fsp3) is 0.150. The van der Waals surface area contributed by atoms with Crippen molar-refractivity contribution in [3.05, 3.63) is 77.2 Å². The molecule has 0 atom stereocenters. The van der Waals surface area contributed by atoms with Gasteiger partial charge in [-0.15, -0.1) is 0 Å². The van der Waals surface area contributed by atoms with Crippen LogP contribution in [-0.2, 0) is 0 Å². The highest BCUT2D eigenvalue weighted by Crippen LogP contribution is 2.21. The average Bonchev–Trinajstić information content (AvgIpc) is 3.08. The van der Waals surface area contributed by atoms with Crippen LogP contribution in [0.15, 0.2) is 59.1 Å². The van der Waals surface area contributed by atoms with E-state index in [9.17, 15) is 9.59 Å². The number of carbonyl (C=O) groups excluding carboxylic acids is 2. The zero-order valence-electron chi connectivity index (χ0n) is 14.7. The second kappa shape index (κ2) is 7.23. The van der Waals surface area contributed by atoms with Crippen LogP contribution in [0.3, 0.4) is 0 Å². The standard InChI is InChI=1S/C20H18N2O4/c1-13-4-6-15(7-5-13)19(23)22(3)16-8-10-17(11-9-16)25-20(24)18-12-14(2)21-26-18/h4-12H,1-3H3. The van der Waals surface area contributed by atoms with Crippen LogP contribution < -0.4 is 9.64 Å². The van der Waals surface area contributed by atoms with E-state index >= 15 is 0 Å². The Morgan fingerprint density at radius 3 is 2.23 bits per heavy atom. The first-order valence-corrected chi connectivity index (χ1v) is 8.04. The number of nitrogens with zero attached hydrogens (tertiary/aromatic N) is 2. The van der Waals surface area contributed by atoms with E-state index in [0.29, 0.717) is 22.7 Å². The van der Waals surface area contributed by atoms with E-state index in [0.717, 1.165) is 5.56 Å². The van der Waals surface area contributed by atoms with Crippen LogP contribution in [0.2, 0.25) is 0 Å². The van der Waals surface area contributed by atoms with Gasteiger partial charge in [0.1, 0.15) is 5.75 Å². The van der Waals surface area contributed by atoms with E-state index in [1.165, 1.54) is 11.0 Å². The van der Waals surface area contributed by atoms with Gasteiger partial charge in [0, 0.05) is 24.4 Å². The van der Waals surface area contributed by atoms with E-state index in [4.69, 9.17) is 9.26 Å². The summed E-state index contributed by atoms with van der Waals surface area (Å²) >= 11 is 0. The summed E-state index contributed by atoms with van der Waals surface area (Å²) in [6.07, 6.45) is 0. The number of aromatic nitrogens is 1. The van der Waals surface area contributed by atoms with Gasteiger partial charge >= 0.3 is 5.97 Å². The molecule has 1 aromatic heterocycles. The molecule has 3 rings (SSSR count). The molecule has 0 radical (unpaired) electrons. The summed E-state index contributed by atoms with van der Waals surface area (Å²) in [5, 5.41) is 3.65. The first-order chi connectivity index (χ1) is 12.4. The number of hydrogen-bond acceptors (Lipinski definition) is 5. The highest BCUT2D eigenvalue weighted by atomic mass is 16.6. The van der Waals surface area contributed by atoms with Crippen molar-refractivity contribution in [3.8, 4) is 5.75 Å². The van der Waals surface area contributed by atoms with Gasteiger partial charge in [0.05, 0.1) is 5.69 Å². The topological polar surface area (TPSA) is 72.6 Å². The van der Waals surface area contributed by atoms with E-state index < -0.39 is 5.97 Å². The fourth-order valence-electron chi connectivity index (χ4n) is 2.36. The lowest BCUT2D eigenvalue weighted by molar-refractivity contribution is 0.0691. The van der Waals surface area contributed by atoms with E-state index in [1.54, 1.807) is 50.4 Å². The number of hydrogen-bond donors (Lipinski definition) is 0. The van der Waals surface area contributed by atoms with Gasteiger partial charge in [-0.3, -0.25) is 4.79 Å². The number of benzene rings is 2. The molecular formula is C20H18N2O4. The molecule has 6 nitrogen and oxygen atoms in total. The van der Waals surface area contributed by atoms with Crippen LogP contribution in [0.1, 0.15) is 32.2 Å². The molecule has 3 aromatic rings. The maximum atomic E-state index is 12.5. The van der Waals surface area contributed by atoms with Gasteiger partial charge in [0.15, 0.2) is 0 Å². The Morgan fingerprint density at radius 1 is 1.00 bits per heavy atom. The maximum Gasteiger partial charge on any atom is 0.382 e. The monoisotopic (exact) mass is 350 g/mol. The number of amides is 1. The van der Waals surface area contributed by atoms with Gasteiger partial charge in [-0.2, -0.15) is 0 Å². The average molecular weight is 350 g/mol. The van der Waals surface area contributed by atoms with E-state index in [1.807, 2.05) is 19.1 Å². The molecule has 0 aliphatic rings. The van der Waals surface area contributed by atoms with Gasteiger partial charge < -0.3 is 14.2 Å². The molecule has 26 heavy (non-hydrogen) atoms. The third-order valence-electron chi connectivity index (χ3n) is 3.87. The van der Waals surface area contributed by atoms with Crippen molar-refractivity contribution in [2.75, 3.05) is 11.9 Å². The Morgan fingerprint density at radius 2 is 1.65 bits per heavy atom. The lowest BCUT2D eigenvalue weighted by Gasteiger charge is -2.17. The molecule has 1 amide bonds. The van der Waals surface area contributed by atoms with Crippen LogP contribution in [-0.4, -0.2) is 24.1 Å². The SMILES string of the molecule is Cc1ccc(C(=O)N(C)c2ccc(OC(=O)c3cc(C)no3)cc2)cc1. The summed E-state index contributed by atoms with van der Waals surface area (Å²) in [6, 6.07) is 15.5. The molecule has 0 bridgehead atoms. The van der Waals surface area contributed by atoms with Gasteiger partial charge in [-0.05, 0) is 50.2 Å². The predicted molar refractivity (Wildman–Crippen MR) is 96.6 cm³/mol. The lowest BCUT2D eigenvalue weighted by Crippen LogP contribution is -2.26. The third-order valence-corrected chi connectivity index (χ3v) is 3.87. The summed E-state index contributed by atoms with van der Waals surface area (Å²) in [4.78, 5) is 26.0. The number of carbonyl (C=O) groups is 2. The van der Waals surface area contributed by atoms with Crippen molar-refractivity contribution < 1.29 is 18.8 Å². The lowest BCUT2D eigenvalue weighted by atomic mass is 10.1. The maximum absolute atomic E-state index is 12.5. The smallest absolute Gasteiger partial charge is 0.382 e. The normalized spacial score (nSPS) is 10.4. The van der Waals surface area contributed by atoms with Crippen LogP contribution in [0.5, 0.6) is 5.75 Å². The van der Waals surface area contributed by atoms with Crippen molar-refractivity contribution >= 4 is 17.6 Å². The van der Waals surface area contributed by atoms with Gasteiger partial charge in [0.2, 0.25) is 5.76 Å². The Balaban J connectivity index is 1.69. The zero-order chi connectivity index (χ0) is 18.7. The molecule has 0 saturated carbocycles. The number of esters is 1. The minimum Gasteiger partial charge on any atom is -0.421 e. The minimum absolute atomic E-state index is 0.0400. The number of ether oxygens (including phenoxy) is 1. The van der Waals surface area contributed by atoms with E-state index in [2.05, 4.69) is 5.16 Å². The summed E-state index contributed by atoms with van der Waals surface area (Å²) in [7, 11) is 1.69. The quantitative estimate of drug-likeness (QED) is 0.529. The summed E-state index contributed by atoms with van der Waals surface area (Å²) in [5.41, 5.74) is 2.99. The predicted octanol–water partition coefficient (Wildman–Crippen LogP) is 3.79. The van der Waals surface area contributed by atoms with E-state index in [-0.39, 0.29) is 11.7 Å². The van der Waals surface area contributed by atoms with Crippen molar-refractivity contribution in [2.45, 2.75) is 13.8 Å². The van der Waals surface area contributed by atoms with Crippen molar-refractivity contribution in [2.24, 2.45) is 0 Å². The zero-order valence-corrected chi connectivity index (χ0v) is 14.7. The molecular weight excluding hydrogens is 332 g/mol. The largest absolute Gasteiger partial charge is 0.421 e. The summed E-state index contributed by atoms with van der Waals surface area (Å²) < 4.78 is 10.1. The van der Waals surface area contributed by atoms with Crippen LogP contribution in [0.4, 0.5) is 5.69 Å². The molecule has 0 saturated heterocycles. The van der Waals surface area contributed by atoms with Crippen LogP contribution >= 0.6 is 0 Å². The first-order valence-electron chi connectivity index (χ1n) is 8.04. The van der Waals surface area contributed by atoms with Gasteiger partial charge in [-0.1, -0.05) is 22.9 Å². The molecule has 0 aliphatic carbocycles. The van der Waals surface area contributed by atoms with Crippen molar-refractivity contribution in [1.82, 2.24) is 5.16 Å². The molecule has 2 aromatic carbocycles. The highest BCUT2D eigenvalue weighted by molar-refractivity contribution is 6.05. The molecule has 1 heterocycles. The Hall–Kier alpha value is -3.41. The first kappa shape index (κ1) is 17.4. The van der Waals surface area contributed by atoms with Crippen LogP contribution in [0, 0.1) is 13.8 Å². The molecule has 132 valence electrons. The molecule has 0 fully saturated rings. The minimum atomic E-state index is -0.623. The van der Waals surface area contributed by atoms with Gasteiger partial charge in [0.25, 0.3) is 5.91 Å². The third kappa shape index (κ3) is 3.80. The second-order valence-electron chi connectivity index (χ2n) is 5.95. The summed E-state index contributed by atoms with van der Waals surface area (Å²) in [6.45, 7) is 3.69. The van der Waals surface area contributed by atoms with Crippen molar-refractivity contribution in [1.29, 1.82) is 0 Å². The Bertz CT molecular complexity index is 927. The van der Waals surface area contributed by atoms with Crippen LogP contribution in [0.25, 0.3) is 0 Å². The fourth-order valence-corrected chi connectivity index (χ4v) is 2.36. The molecule has 0 aliphatic heterocycles. The Kier molecular flexibility index (Phi) is 4.84. The molecule has 0 spiro atoms. The number of anilines is 1. The highest BCUT2D eigenvalue weighted by Gasteiger charge is 2.16. The number of rotatable bonds is 4. The second-order valence-corrected chi connectivity index (χ2v) is 5.95. The molecule has 0 unspecified atom stereocenters. The molecule has 0 N–H and O–H groups in total.